The molecule has 0 radical (unpaired) electrons. The molecule has 188 valence electrons. The molecule has 1 unspecified atom stereocenters. The van der Waals surface area contributed by atoms with E-state index in [2.05, 4.69) is 0 Å². The Hall–Kier alpha value is -3.04. The van der Waals surface area contributed by atoms with Crippen LogP contribution in [0, 0.1) is 0 Å². The number of para-hydroxylation sites is 1. The minimum Gasteiger partial charge on any atom is -0.507 e. The van der Waals surface area contributed by atoms with Crippen LogP contribution in [0.25, 0.3) is 11.0 Å². The fraction of sp³-hybridized carbons (Fsp3) is 0.423. The molecule has 0 amide bonds. The molecule has 2 heterocycles. The molecule has 2 N–H and O–H groups in total. The van der Waals surface area contributed by atoms with Gasteiger partial charge in [-0.2, -0.15) is 13.2 Å². The maximum absolute atomic E-state index is 14.1. The minimum atomic E-state index is -4.99. The Morgan fingerprint density at radius 2 is 1.77 bits per heavy atom. The quantitative estimate of drug-likeness (QED) is 0.544. The van der Waals surface area contributed by atoms with Crippen LogP contribution >= 0.6 is 0 Å². The van der Waals surface area contributed by atoms with Crippen LogP contribution in [0.5, 0.6) is 17.2 Å². The predicted octanol–water partition coefficient (Wildman–Crippen LogP) is 4.63. The number of alkyl halides is 3. The first-order valence-corrected chi connectivity index (χ1v) is 11.6. The fourth-order valence-electron chi connectivity index (χ4n) is 4.68. The van der Waals surface area contributed by atoms with Gasteiger partial charge in [0.25, 0.3) is 5.76 Å². The van der Waals surface area contributed by atoms with Gasteiger partial charge in [0.15, 0.2) is 5.58 Å². The molecule has 0 aliphatic carbocycles. The average molecular weight is 493 g/mol. The first-order valence-electron chi connectivity index (χ1n) is 11.6. The zero-order valence-corrected chi connectivity index (χ0v) is 20.0. The summed E-state index contributed by atoms with van der Waals surface area (Å²) >= 11 is 0. The number of ether oxygens (including phenoxy) is 2. The molecule has 35 heavy (non-hydrogen) atoms. The van der Waals surface area contributed by atoms with E-state index in [1.807, 2.05) is 27.7 Å². The van der Waals surface area contributed by atoms with E-state index >= 15 is 0 Å². The largest absolute Gasteiger partial charge is 0.507 e. The summed E-state index contributed by atoms with van der Waals surface area (Å²) in [5, 5.41) is 10.5. The van der Waals surface area contributed by atoms with Crippen molar-refractivity contribution in [1.82, 2.24) is 0 Å². The molecule has 1 fully saturated rings. The lowest BCUT2D eigenvalue weighted by atomic mass is 10.0. The molecule has 3 atom stereocenters. The van der Waals surface area contributed by atoms with Crippen molar-refractivity contribution < 1.29 is 37.1 Å². The molecular weight excluding hydrogens is 463 g/mol. The number of phenolic OH excluding ortho intramolecular Hbond substituents is 1. The number of hydrogen-bond acceptors (Lipinski definition) is 5. The zero-order chi connectivity index (χ0) is 25.5. The number of fused-ring (bicyclic) bond motifs is 1. The summed E-state index contributed by atoms with van der Waals surface area (Å²) in [5.41, 5.74) is -0.426. The van der Waals surface area contributed by atoms with Crippen molar-refractivity contribution >= 4 is 11.0 Å². The first-order chi connectivity index (χ1) is 16.5. The van der Waals surface area contributed by atoms with Crippen LogP contribution in [0.4, 0.5) is 13.2 Å². The van der Waals surface area contributed by atoms with E-state index < -0.39 is 23.1 Å². The summed E-state index contributed by atoms with van der Waals surface area (Å²) < 4.78 is 59.0. The Morgan fingerprint density at radius 1 is 1.11 bits per heavy atom. The smallest absolute Gasteiger partial charge is 0.453 e. The van der Waals surface area contributed by atoms with E-state index in [0.717, 1.165) is 4.90 Å². The Kier molecular flexibility index (Phi) is 6.83. The van der Waals surface area contributed by atoms with E-state index in [1.165, 1.54) is 18.2 Å². The van der Waals surface area contributed by atoms with E-state index in [9.17, 15) is 23.1 Å². The van der Waals surface area contributed by atoms with Crippen molar-refractivity contribution in [2.75, 3.05) is 13.1 Å². The number of phenols is 1. The van der Waals surface area contributed by atoms with Crippen LogP contribution in [0.15, 0.2) is 45.6 Å². The summed E-state index contributed by atoms with van der Waals surface area (Å²) in [6.07, 6.45) is -5.10. The van der Waals surface area contributed by atoms with Gasteiger partial charge in [0.1, 0.15) is 43.3 Å². The summed E-state index contributed by atoms with van der Waals surface area (Å²) in [7, 11) is 0. The summed E-state index contributed by atoms with van der Waals surface area (Å²) in [4.78, 5) is 14.3. The second-order valence-electron chi connectivity index (χ2n) is 9.41. The number of rotatable bonds is 5. The number of benzene rings is 2. The third-order valence-corrected chi connectivity index (χ3v) is 6.15. The number of quaternary nitrogens is 1. The second-order valence-corrected chi connectivity index (χ2v) is 9.41. The van der Waals surface area contributed by atoms with Gasteiger partial charge in [-0.15, -0.1) is 0 Å². The third-order valence-electron chi connectivity index (χ3n) is 6.15. The highest BCUT2D eigenvalue weighted by atomic mass is 19.4. The van der Waals surface area contributed by atoms with Gasteiger partial charge in [0.05, 0.1) is 10.9 Å². The monoisotopic (exact) mass is 492 g/mol. The molecule has 0 spiro atoms. The van der Waals surface area contributed by atoms with Gasteiger partial charge in [-0.3, -0.25) is 4.79 Å². The standard InChI is InChI=1S/C26H28F3NO5/c1-14(2)17-7-5-6-8-21(17)34-24-22(32)18-9-10-20(31)19(23(18)35-25(24)26(27,28)29)13-30-11-15(3)33-16(4)12-30/h5-10,14-16,31H,11-13H2,1-4H3/p+1/t15-,16+. The van der Waals surface area contributed by atoms with Gasteiger partial charge >= 0.3 is 6.18 Å². The normalized spacial score (nSPS) is 21.0. The van der Waals surface area contributed by atoms with E-state index in [4.69, 9.17) is 13.9 Å². The number of nitrogens with one attached hydrogen (secondary N) is 1. The highest BCUT2D eigenvalue weighted by molar-refractivity contribution is 5.83. The summed E-state index contributed by atoms with van der Waals surface area (Å²) in [6, 6.07) is 9.20. The molecule has 6 nitrogen and oxygen atoms in total. The maximum atomic E-state index is 14.1. The molecule has 1 aliphatic rings. The molecule has 3 aromatic rings. The Labute approximate surface area is 200 Å². The lowest BCUT2D eigenvalue weighted by Crippen LogP contribution is -3.14. The summed E-state index contributed by atoms with van der Waals surface area (Å²) in [6.45, 7) is 8.96. The van der Waals surface area contributed by atoms with Gasteiger partial charge in [-0.1, -0.05) is 32.0 Å². The van der Waals surface area contributed by atoms with Crippen LogP contribution in [0.2, 0.25) is 0 Å². The van der Waals surface area contributed by atoms with Gasteiger partial charge in [0, 0.05) is 0 Å². The van der Waals surface area contributed by atoms with Gasteiger partial charge in [0.2, 0.25) is 11.2 Å². The van der Waals surface area contributed by atoms with Crippen molar-refractivity contribution in [2.45, 2.75) is 58.5 Å². The van der Waals surface area contributed by atoms with Crippen molar-refractivity contribution in [2.24, 2.45) is 0 Å². The molecular formula is C26H29F3NO5+. The van der Waals surface area contributed by atoms with E-state index in [1.54, 1.807) is 18.2 Å². The van der Waals surface area contributed by atoms with Gasteiger partial charge in [-0.05, 0) is 43.5 Å². The second kappa shape index (κ2) is 9.54. The molecule has 2 aromatic carbocycles. The Bertz CT molecular complexity index is 1270. The SMILES string of the molecule is CC(C)c1ccccc1Oc1c(C(F)(F)F)oc2c(C[NH+]3C[C@@H](C)O[C@@H](C)C3)c(O)ccc2c1=O. The van der Waals surface area contributed by atoms with E-state index in [0.29, 0.717) is 18.7 Å². The maximum Gasteiger partial charge on any atom is 0.453 e. The molecule has 0 saturated carbocycles. The molecule has 4 rings (SSSR count). The fourth-order valence-corrected chi connectivity index (χ4v) is 4.68. The van der Waals surface area contributed by atoms with E-state index in [-0.39, 0.29) is 52.7 Å². The number of aromatic hydroxyl groups is 1. The van der Waals surface area contributed by atoms with Crippen LogP contribution in [-0.4, -0.2) is 30.4 Å². The lowest BCUT2D eigenvalue weighted by Gasteiger charge is -2.32. The minimum absolute atomic E-state index is 0.0436. The molecule has 1 aromatic heterocycles. The van der Waals surface area contributed by atoms with Crippen molar-refractivity contribution in [3.05, 3.63) is 63.5 Å². The van der Waals surface area contributed by atoms with Crippen molar-refractivity contribution in [1.29, 1.82) is 0 Å². The predicted molar refractivity (Wildman–Crippen MR) is 124 cm³/mol. The molecule has 9 heteroatoms. The Balaban J connectivity index is 1.87. The van der Waals surface area contributed by atoms with Gasteiger partial charge in [-0.25, -0.2) is 0 Å². The average Bonchev–Trinajstić information content (AvgIpc) is 2.76. The number of halogens is 3. The number of hydrogen-bond donors (Lipinski definition) is 2. The zero-order valence-electron chi connectivity index (χ0n) is 20.0. The van der Waals surface area contributed by atoms with Crippen LogP contribution in [-0.2, 0) is 17.5 Å². The van der Waals surface area contributed by atoms with Gasteiger partial charge < -0.3 is 23.9 Å². The molecule has 1 aliphatic heterocycles. The van der Waals surface area contributed by atoms with Crippen molar-refractivity contribution in [3.63, 3.8) is 0 Å². The highest BCUT2D eigenvalue weighted by Gasteiger charge is 2.41. The first kappa shape index (κ1) is 25.1. The summed E-state index contributed by atoms with van der Waals surface area (Å²) in [5.74, 6) is -2.57. The highest BCUT2D eigenvalue weighted by Crippen LogP contribution is 2.40. The molecule has 0 bridgehead atoms. The van der Waals surface area contributed by atoms with Crippen LogP contribution < -0.4 is 15.1 Å². The topological polar surface area (TPSA) is 73.3 Å². The Morgan fingerprint density at radius 3 is 2.40 bits per heavy atom. The lowest BCUT2D eigenvalue weighted by molar-refractivity contribution is -0.928. The van der Waals surface area contributed by atoms with Crippen LogP contribution in [0.3, 0.4) is 0 Å². The molecule has 1 saturated heterocycles. The number of morpholine rings is 1. The van der Waals surface area contributed by atoms with Crippen molar-refractivity contribution in [3.8, 4) is 17.2 Å². The third kappa shape index (κ3) is 5.16. The van der Waals surface area contributed by atoms with Crippen LogP contribution in [0.1, 0.15) is 50.5 Å².